The van der Waals surface area contributed by atoms with Gasteiger partial charge in [0.1, 0.15) is 5.82 Å². The molecule has 1 fully saturated rings. The minimum Gasteiger partial charge on any atom is -0.378 e. The molecule has 2 rings (SSSR count). The van der Waals surface area contributed by atoms with E-state index in [1.165, 1.54) is 18.6 Å². The van der Waals surface area contributed by atoms with Gasteiger partial charge in [0.15, 0.2) is 0 Å². The molecule has 3 nitrogen and oxygen atoms in total. The molecule has 0 aliphatic carbocycles. The van der Waals surface area contributed by atoms with Crippen molar-refractivity contribution in [2.45, 2.75) is 57.5 Å². The van der Waals surface area contributed by atoms with Gasteiger partial charge in [-0.2, -0.15) is 0 Å². The van der Waals surface area contributed by atoms with Crippen molar-refractivity contribution in [3.63, 3.8) is 0 Å². The number of nitrogens with zero attached hydrogens (tertiary/aromatic N) is 1. The first-order chi connectivity index (χ1) is 11.1. The first-order valence-corrected chi connectivity index (χ1v) is 8.71. The molecule has 1 aliphatic rings. The fraction of sp³-hybridized carbons (Fsp3) is 0.632. The van der Waals surface area contributed by atoms with Crippen LogP contribution < -0.4 is 0 Å². The van der Waals surface area contributed by atoms with Crippen LogP contribution in [0, 0.1) is 5.82 Å². The van der Waals surface area contributed by atoms with Crippen molar-refractivity contribution in [3.8, 4) is 0 Å². The van der Waals surface area contributed by atoms with E-state index in [2.05, 4.69) is 6.92 Å². The van der Waals surface area contributed by atoms with E-state index in [0.717, 1.165) is 44.4 Å². The molecule has 128 valence electrons. The Hall–Kier alpha value is -1.42. The third-order valence-electron chi connectivity index (χ3n) is 4.74. The molecule has 1 aromatic rings. The van der Waals surface area contributed by atoms with Gasteiger partial charge in [-0.3, -0.25) is 4.79 Å². The summed E-state index contributed by atoms with van der Waals surface area (Å²) in [5.74, 6) is 0.0630. The summed E-state index contributed by atoms with van der Waals surface area (Å²) in [5, 5.41) is 0. The predicted molar refractivity (Wildman–Crippen MR) is 89.9 cm³/mol. The van der Waals surface area contributed by atoms with Crippen LogP contribution in [0.15, 0.2) is 24.3 Å². The molecule has 2 atom stereocenters. The third kappa shape index (κ3) is 5.61. The van der Waals surface area contributed by atoms with Gasteiger partial charge in [-0.15, -0.1) is 0 Å². The molecule has 23 heavy (non-hydrogen) atoms. The fourth-order valence-corrected chi connectivity index (χ4v) is 3.10. The van der Waals surface area contributed by atoms with Gasteiger partial charge in [0.25, 0.3) is 0 Å². The van der Waals surface area contributed by atoms with Crippen LogP contribution in [0.2, 0.25) is 0 Å². The number of benzene rings is 1. The van der Waals surface area contributed by atoms with Crippen LogP contribution in [0.25, 0.3) is 0 Å². The first-order valence-electron chi connectivity index (χ1n) is 8.71. The molecule has 1 aliphatic heterocycles. The zero-order valence-corrected chi connectivity index (χ0v) is 14.3. The molecule has 0 radical (unpaired) electrons. The van der Waals surface area contributed by atoms with E-state index in [-0.39, 0.29) is 17.6 Å². The second kappa shape index (κ2) is 9.02. The Morgan fingerprint density at radius 1 is 1.35 bits per heavy atom. The van der Waals surface area contributed by atoms with Crippen molar-refractivity contribution in [2.75, 3.05) is 20.2 Å². The highest BCUT2D eigenvalue weighted by molar-refractivity contribution is 5.76. The summed E-state index contributed by atoms with van der Waals surface area (Å²) in [6, 6.07) is 6.50. The molecule has 0 aromatic heterocycles. The Kier molecular flexibility index (Phi) is 7.03. The zero-order chi connectivity index (χ0) is 16.7. The number of amides is 1. The molecular weight excluding hydrogens is 293 g/mol. The minimum atomic E-state index is -0.237. The lowest BCUT2D eigenvalue weighted by Gasteiger charge is -2.26. The van der Waals surface area contributed by atoms with Crippen LogP contribution >= 0.6 is 0 Å². The Balaban J connectivity index is 1.82. The van der Waals surface area contributed by atoms with Gasteiger partial charge in [-0.25, -0.2) is 4.39 Å². The monoisotopic (exact) mass is 321 g/mol. The number of halogens is 1. The number of rotatable bonds is 7. The SMILES string of the molecule is CCC(CC(=O)N(C)CCC1CCCCO1)c1ccc(F)cc1. The molecular formula is C19H28FNO2. The van der Waals surface area contributed by atoms with E-state index in [4.69, 9.17) is 4.74 Å². The Morgan fingerprint density at radius 3 is 2.70 bits per heavy atom. The Labute approximate surface area is 138 Å². The summed E-state index contributed by atoms with van der Waals surface area (Å²) in [6.45, 7) is 3.66. The van der Waals surface area contributed by atoms with Crippen molar-refractivity contribution in [2.24, 2.45) is 0 Å². The summed E-state index contributed by atoms with van der Waals surface area (Å²) in [4.78, 5) is 14.2. The molecule has 4 heteroatoms. The quantitative estimate of drug-likeness (QED) is 0.756. The maximum absolute atomic E-state index is 13.0. The largest absolute Gasteiger partial charge is 0.378 e. The van der Waals surface area contributed by atoms with Gasteiger partial charge in [0.2, 0.25) is 5.91 Å². The van der Waals surface area contributed by atoms with E-state index in [1.54, 1.807) is 12.1 Å². The van der Waals surface area contributed by atoms with Crippen molar-refractivity contribution >= 4 is 5.91 Å². The third-order valence-corrected chi connectivity index (χ3v) is 4.74. The van der Waals surface area contributed by atoms with E-state index in [9.17, 15) is 9.18 Å². The molecule has 0 N–H and O–H groups in total. The highest BCUT2D eigenvalue weighted by Crippen LogP contribution is 2.24. The number of hydrogen-bond donors (Lipinski definition) is 0. The van der Waals surface area contributed by atoms with Crippen LogP contribution in [0.3, 0.4) is 0 Å². The highest BCUT2D eigenvalue weighted by atomic mass is 19.1. The second-order valence-electron chi connectivity index (χ2n) is 6.45. The summed E-state index contributed by atoms with van der Waals surface area (Å²) in [7, 11) is 1.86. The molecule has 1 heterocycles. The van der Waals surface area contributed by atoms with E-state index in [1.807, 2.05) is 11.9 Å². The Bertz CT molecular complexity index is 483. The molecule has 1 aromatic carbocycles. The maximum atomic E-state index is 13.0. The average molecular weight is 321 g/mol. The topological polar surface area (TPSA) is 29.5 Å². The molecule has 1 amide bonds. The average Bonchev–Trinajstić information content (AvgIpc) is 2.59. The standard InChI is InChI=1S/C19H28FNO2/c1-3-15(16-7-9-17(20)10-8-16)14-19(22)21(2)12-11-18-6-4-5-13-23-18/h7-10,15,18H,3-6,11-14H2,1-2H3. The number of carbonyl (C=O) groups is 1. The molecule has 2 unspecified atom stereocenters. The van der Waals surface area contributed by atoms with Crippen LogP contribution in [-0.2, 0) is 9.53 Å². The van der Waals surface area contributed by atoms with Gasteiger partial charge in [0.05, 0.1) is 6.10 Å². The molecule has 0 saturated carbocycles. The van der Waals surface area contributed by atoms with Gasteiger partial charge in [-0.1, -0.05) is 19.1 Å². The second-order valence-corrected chi connectivity index (χ2v) is 6.45. The molecule has 0 spiro atoms. The van der Waals surface area contributed by atoms with E-state index < -0.39 is 0 Å². The molecule has 1 saturated heterocycles. The normalized spacial score (nSPS) is 19.3. The number of ether oxygens (including phenoxy) is 1. The van der Waals surface area contributed by atoms with Crippen LogP contribution in [0.1, 0.15) is 56.9 Å². The van der Waals surface area contributed by atoms with E-state index in [0.29, 0.717) is 12.5 Å². The van der Waals surface area contributed by atoms with Gasteiger partial charge in [0, 0.05) is 26.6 Å². The van der Waals surface area contributed by atoms with Gasteiger partial charge < -0.3 is 9.64 Å². The number of carbonyl (C=O) groups excluding carboxylic acids is 1. The smallest absolute Gasteiger partial charge is 0.222 e. The van der Waals surface area contributed by atoms with Crippen LogP contribution in [0.5, 0.6) is 0 Å². The summed E-state index contributed by atoms with van der Waals surface area (Å²) in [5.41, 5.74) is 1.03. The predicted octanol–water partition coefficient (Wildman–Crippen LogP) is 4.13. The fourth-order valence-electron chi connectivity index (χ4n) is 3.10. The Morgan fingerprint density at radius 2 is 2.09 bits per heavy atom. The lowest BCUT2D eigenvalue weighted by Crippen LogP contribution is -2.32. The van der Waals surface area contributed by atoms with Crippen molar-refractivity contribution in [1.82, 2.24) is 4.90 Å². The maximum Gasteiger partial charge on any atom is 0.222 e. The highest BCUT2D eigenvalue weighted by Gasteiger charge is 2.19. The zero-order valence-electron chi connectivity index (χ0n) is 14.3. The van der Waals surface area contributed by atoms with Crippen LogP contribution in [-0.4, -0.2) is 37.1 Å². The van der Waals surface area contributed by atoms with E-state index >= 15 is 0 Å². The summed E-state index contributed by atoms with van der Waals surface area (Å²) >= 11 is 0. The van der Waals surface area contributed by atoms with Crippen molar-refractivity contribution < 1.29 is 13.9 Å². The first kappa shape index (κ1) is 17.9. The van der Waals surface area contributed by atoms with Gasteiger partial charge >= 0.3 is 0 Å². The van der Waals surface area contributed by atoms with Crippen molar-refractivity contribution in [1.29, 1.82) is 0 Å². The number of hydrogen-bond acceptors (Lipinski definition) is 2. The lowest BCUT2D eigenvalue weighted by atomic mass is 9.92. The van der Waals surface area contributed by atoms with Crippen molar-refractivity contribution in [3.05, 3.63) is 35.6 Å². The summed E-state index contributed by atoms with van der Waals surface area (Å²) in [6.07, 6.45) is 6.05. The lowest BCUT2D eigenvalue weighted by molar-refractivity contribution is -0.130. The minimum absolute atomic E-state index is 0.150. The molecule has 0 bridgehead atoms. The van der Waals surface area contributed by atoms with Crippen LogP contribution in [0.4, 0.5) is 4.39 Å². The summed E-state index contributed by atoms with van der Waals surface area (Å²) < 4.78 is 18.8. The van der Waals surface area contributed by atoms with Gasteiger partial charge in [-0.05, 0) is 55.7 Å².